The summed E-state index contributed by atoms with van der Waals surface area (Å²) in [6.07, 6.45) is 1.07. The molecule has 0 bridgehead atoms. The van der Waals surface area contributed by atoms with E-state index >= 15 is 0 Å². The van der Waals surface area contributed by atoms with Crippen LogP contribution in [0.4, 0.5) is 5.69 Å². The lowest BCUT2D eigenvalue weighted by atomic mass is 10.00. The van der Waals surface area contributed by atoms with Gasteiger partial charge in [0, 0.05) is 5.02 Å². The molecule has 7 heteroatoms. The molecule has 2 aromatic rings. The zero-order chi connectivity index (χ0) is 19.5. The quantitative estimate of drug-likeness (QED) is 0.813. The Labute approximate surface area is 160 Å². The minimum absolute atomic E-state index is 0.228. The molecule has 26 heavy (non-hydrogen) atoms. The van der Waals surface area contributed by atoms with E-state index in [1.165, 1.54) is 0 Å². The normalized spacial score (nSPS) is 12.5. The van der Waals surface area contributed by atoms with Crippen LogP contribution in [0.5, 0.6) is 0 Å². The Morgan fingerprint density at radius 1 is 1.15 bits per heavy atom. The van der Waals surface area contributed by atoms with Gasteiger partial charge in [0.2, 0.25) is 15.9 Å². The molecule has 0 spiro atoms. The molecule has 5 nitrogen and oxygen atoms in total. The minimum atomic E-state index is -3.61. The van der Waals surface area contributed by atoms with Crippen LogP contribution >= 0.6 is 11.6 Å². The first-order chi connectivity index (χ1) is 12.1. The van der Waals surface area contributed by atoms with Crippen LogP contribution in [0, 0.1) is 13.8 Å². The van der Waals surface area contributed by atoms with Crippen LogP contribution in [0.25, 0.3) is 0 Å². The first-order valence-electron chi connectivity index (χ1n) is 8.17. The molecule has 2 aromatic carbocycles. The Kier molecular flexibility index (Phi) is 6.31. The van der Waals surface area contributed by atoms with Gasteiger partial charge in [-0.1, -0.05) is 35.4 Å². The molecule has 2 rings (SSSR count). The van der Waals surface area contributed by atoms with Crippen molar-refractivity contribution in [1.82, 2.24) is 5.32 Å². The van der Waals surface area contributed by atoms with Crippen LogP contribution in [0.2, 0.25) is 5.02 Å². The fourth-order valence-corrected chi connectivity index (χ4v) is 3.71. The molecule has 0 radical (unpaired) electrons. The predicted octanol–water partition coefficient (Wildman–Crippen LogP) is 3.60. The van der Waals surface area contributed by atoms with Gasteiger partial charge in [0.1, 0.15) is 6.54 Å². The Hall–Kier alpha value is -2.05. The summed E-state index contributed by atoms with van der Waals surface area (Å²) in [6, 6.07) is 12.1. The number of hydrogen-bond donors (Lipinski definition) is 1. The number of anilines is 1. The summed E-state index contributed by atoms with van der Waals surface area (Å²) in [6.45, 7) is 5.56. The second-order valence-electron chi connectivity index (χ2n) is 6.40. The maximum atomic E-state index is 12.5. The van der Waals surface area contributed by atoms with Crippen molar-refractivity contribution in [3.63, 3.8) is 0 Å². The average molecular weight is 395 g/mol. The van der Waals surface area contributed by atoms with Crippen molar-refractivity contribution in [2.24, 2.45) is 0 Å². The number of amides is 1. The molecule has 1 N–H and O–H groups in total. The molecule has 0 saturated carbocycles. The fraction of sp³-hybridized carbons (Fsp3) is 0.316. The van der Waals surface area contributed by atoms with Gasteiger partial charge >= 0.3 is 0 Å². The van der Waals surface area contributed by atoms with Gasteiger partial charge in [-0.05, 0) is 56.2 Å². The maximum absolute atomic E-state index is 12.5. The van der Waals surface area contributed by atoms with Crippen LogP contribution in [0.15, 0.2) is 42.5 Å². The van der Waals surface area contributed by atoms with Crippen LogP contribution in [0.3, 0.4) is 0 Å². The Morgan fingerprint density at radius 2 is 1.77 bits per heavy atom. The number of carbonyl (C=O) groups is 1. The Balaban J connectivity index is 2.17. The van der Waals surface area contributed by atoms with E-state index in [9.17, 15) is 13.2 Å². The monoisotopic (exact) mass is 394 g/mol. The number of halogens is 1. The molecule has 1 atom stereocenters. The van der Waals surface area contributed by atoms with Crippen LogP contribution in [-0.2, 0) is 14.8 Å². The summed E-state index contributed by atoms with van der Waals surface area (Å²) in [7, 11) is -3.61. The van der Waals surface area contributed by atoms with E-state index in [0.717, 1.165) is 27.3 Å². The van der Waals surface area contributed by atoms with Gasteiger partial charge in [-0.2, -0.15) is 0 Å². The van der Waals surface area contributed by atoms with E-state index in [-0.39, 0.29) is 18.5 Å². The molecule has 0 unspecified atom stereocenters. The summed E-state index contributed by atoms with van der Waals surface area (Å²) in [4.78, 5) is 12.5. The SMILES string of the molecule is Cc1ccc(C)c([C@H](C)NC(=O)CN(c2ccc(Cl)cc2)S(C)(=O)=O)c1. The van der Waals surface area contributed by atoms with Crippen molar-refractivity contribution in [1.29, 1.82) is 0 Å². The van der Waals surface area contributed by atoms with Crippen LogP contribution in [-0.4, -0.2) is 27.1 Å². The van der Waals surface area contributed by atoms with Crippen molar-refractivity contribution in [2.75, 3.05) is 17.1 Å². The van der Waals surface area contributed by atoms with E-state index in [1.54, 1.807) is 24.3 Å². The summed E-state index contributed by atoms with van der Waals surface area (Å²) >= 11 is 5.85. The third kappa shape index (κ3) is 5.22. The van der Waals surface area contributed by atoms with E-state index in [0.29, 0.717) is 10.7 Å². The Bertz CT molecular complexity index is 896. The lowest BCUT2D eigenvalue weighted by molar-refractivity contribution is -0.120. The number of nitrogens with zero attached hydrogens (tertiary/aromatic N) is 1. The molecule has 1 amide bonds. The number of aryl methyl sites for hydroxylation is 2. The van der Waals surface area contributed by atoms with Crippen LogP contribution < -0.4 is 9.62 Å². The topological polar surface area (TPSA) is 66.5 Å². The van der Waals surface area contributed by atoms with Gasteiger partial charge in [-0.3, -0.25) is 9.10 Å². The van der Waals surface area contributed by atoms with E-state index in [4.69, 9.17) is 11.6 Å². The highest BCUT2D eigenvalue weighted by atomic mass is 35.5. The van der Waals surface area contributed by atoms with Gasteiger partial charge in [0.25, 0.3) is 0 Å². The maximum Gasteiger partial charge on any atom is 0.241 e. The first-order valence-corrected chi connectivity index (χ1v) is 10.4. The molecule has 0 fully saturated rings. The molecular weight excluding hydrogens is 372 g/mol. The zero-order valence-corrected chi connectivity index (χ0v) is 16.9. The van der Waals surface area contributed by atoms with Crippen molar-refractivity contribution in [2.45, 2.75) is 26.8 Å². The number of benzene rings is 2. The fourth-order valence-electron chi connectivity index (χ4n) is 2.73. The second-order valence-corrected chi connectivity index (χ2v) is 8.74. The molecule has 0 heterocycles. The highest BCUT2D eigenvalue weighted by Gasteiger charge is 2.22. The lowest BCUT2D eigenvalue weighted by Crippen LogP contribution is -2.41. The first kappa shape index (κ1) is 20.3. The third-order valence-corrected chi connectivity index (χ3v) is 5.47. The molecule has 140 valence electrons. The number of sulfonamides is 1. The van der Waals surface area contributed by atoms with Gasteiger partial charge in [0.15, 0.2) is 0 Å². The van der Waals surface area contributed by atoms with Crippen molar-refractivity contribution >= 4 is 33.2 Å². The minimum Gasteiger partial charge on any atom is -0.348 e. The van der Waals surface area contributed by atoms with E-state index in [1.807, 2.05) is 39.0 Å². The standard InChI is InChI=1S/C19H23ClN2O3S/c1-13-5-6-14(2)18(11-13)15(3)21-19(23)12-22(26(4,24)25)17-9-7-16(20)8-10-17/h5-11,15H,12H2,1-4H3,(H,21,23)/t15-/m0/s1. The second kappa shape index (κ2) is 8.10. The largest absolute Gasteiger partial charge is 0.348 e. The molecule has 0 saturated heterocycles. The predicted molar refractivity (Wildman–Crippen MR) is 106 cm³/mol. The lowest BCUT2D eigenvalue weighted by Gasteiger charge is -2.24. The molecule has 0 aliphatic carbocycles. The smallest absolute Gasteiger partial charge is 0.241 e. The van der Waals surface area contributed by atoms with Crippen LogP contribution in [0.1, 0.15) is 29.7 Å². The number of hydrogen-bond acceptors (Lipinski definition) is 3. The molecule has 0 aliphatic rings. The van der Waals surface area contributed by atoms with E-state index in [2.05, 4.69) is 5.32 Å². The molecule has 0 aliphatic heterocycles. The third-order valence-electron chi connectivity index (χ3n) is 4.08. The van der Waals surface area contributed by atoms with Crippen molar-refractivity contribution < 1.29 is 13.2 Å². The molecular formula is C19H23ClN2O3S. The summed E-state index contributed by atoms with van der Waals surface area (Å²) in [5, 5.41) is 3.37. The van der Waals surface area contributed by atoms with Gasteiger partial charge in [-0.25, -0.2) is 8.42 Å². The van der Waals surface area contributed by atoms with Gasteiger partial charge in [0.05, 0.1) is 18.0 Å². The van der Waals surface area contributed by atoms with Crippen molar-refractivity contribution in [3.8, 4) is 0 Å². The number of rotatable bonds is 6. The highest BCUT2D eigenvalue weighted by Crippen LogP contribution is 2.21. The Morgan fingerprint density at radius 3 is 2.35 bits per heavy atom. The summed E-state index contributed by atoms with van der Waals surface area (Å²) < 4.78 is 25.3. The molecule has 0 aromatic heterocycles. The number of nitrogens with one attached hydrogen (secondary N) is 1. The van der Waals surface area contributed by atoms with Gasteiger partial charge in [-0.15, -0.1) is 0 Å². The number of carbonyl (C=O) groups excluding carboxylic acids is 1. The average Bonchev–Trinajstić information content (AvgIpc) is 2.55. The van der Waals surface area contributed by atoms with Gasteiger partial charge < -0.3 is 5.32 Å². The summed E-state index contributed by atoms with van der Waals surface area (Å²) in [5.41, 5.74) is 3.58. The summed E-state index contributed by atoms with van der Waals surface area (Å²) in [5.74, 6) is -0.376. The van der Waals surface area contributed by atoms with Crippen molar-refractivity contribution in [3.05, 3.63) is 64.2 Å². The zero-order valence-electron chi connectivity index (χ0n) is 15.3. The van der Waals surface area contributed by atoms with E-state index < -0.39 is 10.0 Å². The highest BCUT2D eigenvalue weighted by molar-refractivity contribution is 7.92.